The Labute approximate surface area is 201 Å². The van der Waals surface area contributed by atoms with Crippen LogP contribution >= 0.6 is 11.6 Å². The topological polar surface area (TPSA) is 98.0 Å². The molecular formula is C24H24ClN3O6. The van der Waals surface area contributed by atoms with E-state index in [2.05, 4.69) is 15.1 Å². The Balaban J connectivity index is 1.53. The van der Waals surface area contributed by atoms with Crippen molar-refractivity contribution < 1.29 is 28.2 Å². The fraction of sp³-hybridized carbons (Fsp3) is 0.292. The van der Waals surface area contributed by atoms with E-state index in [0.717, 1.165) is 5.56 Å². The maximum atomic E-state index is 5.95. The first-order valence-corrected chi connectivity index (χ1v) is 10.9. The van der Waals surface area contributed by atoms with Gasteiger partial charge in [-0.05, 0) is 18.2 Å². The van der Waals surface area contributed by atoms with Gasteiger partial charge < -0.3 is 28.2 Å². The first kappa shape index (κ1) is 23.7. The minimum Gasteiger partial charge on any atom is -0.487 e. The van der Waals surface area contributed by atoms with Crippen molar-refractivity contribution in [3.8, 4) is 28.6 Å². The van der Waals surface area contributed by atoms with E-state index < -0.39 is 0 Å². The maximum absolute atomic E-state index is 5.95. The summed E-state index contributed by atoms with van der Waals surface area (Å²) in [5, 5.41) is 5.43. The number of ether oxygens (including phenoxy) is 5. The first-order valence-electron chi connectivity index (χ1n) is 10.5. The summed E-state index contributed by atoms with van der Waals surface area (Å²) in [7, 11) is 3.23. The Morgan fingerprint density at radius 1 is 0.824 bits per heavy atom. The Kier molecular flexibility index (Phi) is 8.13. The second-order valence-electron chi connectivity index (χ2n) is 7.15. The smallest absolute Gasteiger partial charge is 0.225 e. The number of aromatic nitrogens is 3. The molecule has 0 N–H and O–H groups in total. The van der Waals surface area contributed by atoms with E-state index in [1.165, 1.54) is 6.33 Å². The molecule has 178 valence electrons. The lowest BCUT2D eigenvalue weighted by Gasteiger charge is -2.14. The number of hydrogen-bond acceptors (Lipinski definition) is 9. The fourth-order valence-electron chi connectivity index (χ4n) is 3.13. The summed E-state index contributed by atoms with van der Waals surface area (Å²) in [6, 6.07) is 12.7. The number of fused-ring (bicyclic) bond motifs is 1. The lowest BCUT2D eigenvalue weighted by atomic mass is 10.1. The van der Waals surface area contributed by atoms with Crippen molar-refractivity contribution in [3.63, 3.8) is 0 Å². The molecule has 0 aliphatic heterocycles. The zero-order valence-electron chi connectivity index (χ0n) is 18.8. The van der Waals surface area contributed by atoms with Gasteiger partial charge in [0, 0.05) is 36.9 Å². The summed E-state index contributed by atoms with van der Waals surface area (Å²) in [6.45, 7) is 1.75. The summed E-state index contributed by atoms with van der Waals surface area (Å²) in [5.74, 6) is 2.01. The molecular weight excluding hydrogens is 462 g/mol. The minimum atomic E-state index is 0.138. The van der Waals surface area contributed by atoms with E-state index in [9.17, 15) is 0 Å². The number of methoxy groups -OCH3 is 2. The molecule has 10 heteroatoms. The van der Waals surface area contributed by atoms with Crippen molar-refractivity contribution in [1.29, 1.82) is 0 Å². The van der Waals surface area contributed by atoms with Crippen molar-refractivity contribution in [2.24, 2.45) is 0 Å². The second kappa shape index (κ2) is 11.6. The zero-order chi connectivity index (χ0) is 23.8. The molecule has 9 nitrogen and oxygen atoms in total. The molecule has 4 aromatic rings. The van der Waals surface area contributed by atoms with E-state index >= 15 is 0 Å². The van der Waals surface area contributed by atoms with Crippen LogP contribution in [0.2, 0.25) is 5.02 Å². The maximum Gasteiger partial charge on any atom is 0.225 e. The summed E-state index contributed by atoms with van der Waals surface area (Å²) >= 11 is 5.95. The lowest BCUT2D eigenvalue weighted by Crippen LogP contribution is -2.09. The fourth-order valence-corrected chi connectivity index (χ4v) is 3.25. The molecule has 4 rings (SSSR count). The van der Waals surface area contributed by atoms with Crippen molar-refractivity contribution in [2.45, 2.75) is 6.61 Å². The lowest BCUT2D eigenvalue weighted by molar-refractivity contribution is 0.132. The van der Waals surface area contributed by atoms with Crippen LogP contribution in [0.4, 0.5) is 0 Å². The van der Waals surface area contributed by atoms with Gasteiger partial charge in [0.15, 0.2) is 23.9 Å². The number of halogens is 1. The predicted molar refractivity (Wildman–Crippen MR) is 126 cm³/mol. The molecule has 0 amide bonds. The Bertz CT molecular complexity index is 1220. The molecule has 0 saturated carbocycles. The van der Waals surface area contributed by atoms with E-state index in [1.807, 2.05) is 18.2 Å². The van der Waals surface area contributed by atoms with Crippen molar-refractivity contribution in [2.75, 3.05) is 40.6 Å². The zero-order valence-corrected chi connectivity index (χ0v) is 19.6. The monoisotopic (exact) mass is 485 g/mol. The summed E-state index contributed by atoms with van der Waals surface area (Å²) in [4.78, 5) is 8.63. The summed E-state index contributed by atoms with van der Waals surface area (Å²) in [5.41, 5.74) is 2.23. The normalized spacial score (nSPS) is 11.0. The second-order valence-corrected chi connectivity index (χ2v) is 7.59. The molecule has 0 aliphatic rings. The molecule has 0 radical (unpaired) electrons. The average Bonchev–Trinajstić information content (AvgIpc) is 3.32. The highest BCUT2D eigenvalue weighted by Gasteiger charge is 2.15. The van der Waals surface area contributed by atoms with Crippen LogP contribution in [0.1, 0.15) is 5.76 Å². The molecule has 0 aliphatic carbocycles. The quantitative estimate of drug-likeness (QED) is 0.267. The predicted octanol–water partition coefficient (Wildman–Crippen LogP) is 4.57. The van der Waals surface area contributed by atoms with Crippen LogP contribution in [0.15, 0.2) is 53.3 Å². The average molecular weight is 486 g/mol. The van der Waals surface area contributed by atoms with Gasteiger partial charge in [0.1, 0.15) is 25.2 Å². The summed E-state index contributed by atoms with van der Waals surface area (Å²) < 4.78 is 33.2. The minimum absolute atomic E-state index is 0.138. The number of rotatable bonds is 12. The van der Waals surface area contributed by atoms with Crippen molar-refractivity contribution >= 4 is 22.5 Å². The molecule has 2 heterocycles. The molecule has 0 atom stereocenters. The van der Waals surface area contributed by atoms with Crippen LogP contribution < -0.4 is 14.2 Å². The van der Waals surface area contributed by atoms with Gasteiger partial charge in [-0.2, -0.15) is 0 Å². The number of benzene rings is 2. The standard InChI is InChI=1S/C24H24ClN3O6/c1-29-7-9-31-22-12-19-21(13-23(22)32-10-8-30-2)26-15-27-24(19)33-14-18-11-20(28-34-18)16-3-5-17(25)6-4-16/h3-6,11-13,15H,7-10,14H2,1-2H3. The van der Waals surface area contributed by atoms with Gasteiger partial charge >= 0.3 is 0 Å². The third kappa shape index (κ3) is 5.93. The van der Waals surface area contributed by atoms with Gasteiger partial charge in [-0.3, -0.25) is 0 Å². The van der Waals surface area contributed by atoms with E-state index in [-0.39, 0.29) is 6.61 Å². The summed E-state index contributed by atoms with van der Waals surface area (Å²) in [6.07, 6.45) is 1.43. The van der Waals surface area contributed by atoms with Gasteiger partial charge in [-0.1, -0.05) is 28.9 Å². The van der Waals surface area contributed by atoms with Crippen LogP contribution in [0.25, 0.3) is 22.2 Å². The highest BCUT2D eigenvalue weighted by molar-refractivity contribution is 6.30. The third-order valence-corrected chi connectivity index (χ3v) is 5.06. The van der Waals surface area contributed by atoms with Crippen molar-refractivity contribution in [1.82, 2.24) is 15.1 Å². The third-order valence-electron chi connectivity index (χ3n) is 4.80. The van der Waals surface area contributed by atoms with Crippen LogP contribution in [-0.2, 0) is 16.1 Å². The number of hydrogen-bond donors (Lipinski definition) is 0. The SMILES string of the molecule is COCCOc1cc2ncnc(OCc3cc(-c4ccc(Cl)cc4)no3)c2cc1OCCOC. The molecule has 2 aromatic heterocycles. The van der Waals surface area contributed by atoms with Gasteiger partial charge in [-0.15, -0.1) is 0 Å². The van der Waals surface area contributed by atoms with E-state index in [1.54, 1.807) is 38.5 Å². The molecule has 0 bridgehead atoms. The molecule has 34 heavy (non-hydrogen) atoms. The van der Waals surface area contributed by atoms with Gasteiger partial charge in [0.05, 0.1) is 24.1 Å². The van der Waals surface area contributed by atoms with Gasteiger partial charge in [-0.25, -0.2) is 9.97 Å². The first-order chi connectivity index (χ1) is 16.7. The van der Waals surface area contributed by atoms with Gasteiger partial charge in [0.2, 0.25) is 5.88 Å². The highest BCUT2D eigenvalue weighted by atomic mass is 35.5. The van der Waals surface area contributed by atoms with E-state index in [0.29, 0.717) is 71.2 Å². The molecule has 0 spiro atoms. The molecule has 0 saturated heterocycles. The van der Waals surface area contributed by atoms with Crippen LogP contribution in [0.3, 0.4) is 0 Å². The molecule has 2 aromatic carbocycles. The van der Waals surface area contributed by atoms with Crippen LogP contribution in [-0.4, -0.2) is 55.8 Å². The van der Waals surface area contributed by atoms with Crippen LogP contribution in [0.5, 0.6) is 17.4 Å². The highest BCUT2D eigenvalue weighted by Crippen LogP contribution is 2.35. The molecule has 0 unspecified atom stereocenters. The van der Waals surface area contributed by atoms with Crippen LogP contribution in [0, 0.1) is 0 Å². The van der Waals surface area contributed by atoms with Gasteiger partial charge in [0.25, 0.3) is 0 Å². The van der Waals surface area contributed by atoms with Crippen molar-refractivity contribution in [3.05, 3.63) is 59.6 Å². The molecule has 0 fully saturated rings. The Hall–Kier alpha value is -3.40. The Morgan fingerprint density at radius 3 is 2.24 bits per heavy atom. The Morgan fingerprint density at radius 2 is 1.53 bits per heavy atom. The largest absolute Gasteiger partial charge is 0.487 e. The van der Waals surface area contributed by atoms with E-state index in [4.69, 9.17) is 39.8 Å². The number of nitrogens with zero attached hydrogens (tertiary/aromatic N) is 3.